The number of amides is 2. The number of carbonyl (C=O) groups excluding carboxylic acids is 3. The Balaban J connectivity index is 1.88. The number of nitrogens with zero attached hydrogens (tertiary/aromatic N) is 2. The number of aryl methyl sites for hydroxylation is 1. The Hall–Kier alpha value is -3.35. The van der Waals surface area contributed by atoms with Crippen LogP contribution in [0.1, 0.15) is 22.8 Å². The molecular weight excluding hydrogens is 370 g/mol. The van der Waals surface area contributed by atoms with Crippen molar-refractivity contribution in [2.45, 2.75) is 20.0 Å². The summed E-state index contributed by atoms with van der Waals surface area (Å²) in [5.41, 5.74) is 3.05. The predicted molar refractivity (Wildman–Crippen MR) is 113 cm³/mol. The monoisotopic (exact) mass is 397 g/mol. The van der Waals surface area contributed by atoms with E-state index in [1.54, 1.807) is 36.4 Å². The van der Waals surface area contributed by atoms with E-state index in [4.69, 9.17) is 4.74 Å². The highest BCUT2D eigenvalue weighted by Crippen LogP contribution is 2.14. The summed E-state index contributed by atoms with van der Waals surface area (Å²) in [7, 11) is 5.30. The minimum atomic E-state index is -1.01. The molecule has 0 aliphatic rings. The third kappa shape index (κ3) is 6.34. The first-order valence-electron chi connectivity index (χ1n) is 9.27. The number of anilines is 2. The Morgan fingerprint density at radius 2 is 1.55 bits per heavy atom. The first-order chi connectivity index (χ1) is 13.7. The first-order valence-corrected chi connectivity index (χ1v) is 9.27. The molecule has 2 aromatic carbocycles. The molecule has 0 saturated heterocycles. The van der Waals surface area contributed by atoms with E-state index in [0.29, 0.717) is 11.3 Å². The van der Waals surface area contributed by atoms with Crippen LogP contribution in [0.5, 0.6) is 0 Å². The Bertz CT molecular complexity index is 861. The maximum absolute atomic E-state index is 12.4. The summed E-state index contributed by atoms with van der Waals surface area (Å²) >= 11 is 0. The molecule has 0 aromatic heterocycles. The fourth-order valence-corrected chi connectivity index (χ4v) is 2.62. The Kier molecular flexibility index (Phi) is 7.36. The van der Waals surface area contributed by atoms with Crippen LogP contribution in [-0.2, 0) is 14.3 Å². The van der Waals surface area contributed by atoms with E-state index in [1.807, 2.05) is 38.1 Å². The van der Waals surface area contributed by atoms with Gasteiger partial charge in [0, 0.05) is 32.5 Å². The zero-order valence-corrected chi connectivity index (χ0v) is 17.4. The minimum Gasteiger partial charge on any atom is -0.449 e. The van der Waals surface area contributed by atoms with Gasteiger partial charge < -0.3 is 19.9 Å². The summed E-state index contributed by atoms with van der Waals surface area (Å²) in [6.45, 7) is 3.30. The molecule has 0 aliphatic heterocycles. The number of hydrogen-bond acceptors (Lipinski definition) is 5. The molecule has 0 fully saturated rings. The Morgan fingerprint density at radius 3 is 2.10 bits per heavy atom. The SMILES string of the molecule is Cc1ccc(NC(=O)CN(C)C(=O)[C@H](C)OC(=O)c2ccc(N(C)C)cc2)cc1. The van der Waals surface area contributed by atoms with Crippen molar-refractivity contribution in [1.29, 1.82) is 0 Å². The average Bonchev–Trinajstić information content (AvgIpc) is 2.68. The van der Waals surface area contributed by atoms with Crippen LogP contribution in [0.4, 0.5) is 11.4 Å². The van der Waals surface area contributed by atoms with Gasteiger partial charge in [0.2, 0.25) is 5.91 Å². The van der Waals surface area contributed by atoms with Gasteiger partial charge in [-0.05, 0) is 50.2 Å². The Morgan fingerprint density at radius 1 is 0.966 bits per heavy atom. The zero-order chi connectivity index (χ0) is 21.6. The van der Waals surface area contributed by atoms with Gasteiger partial charge in [-0.1, -0.05) is 17.7 Å². The van der Waals surface area contributed by atoms with Crippen molar-refractivity contribution in [1.82, 2.24) is 4.90 Å². The normalized spacial score (nSPS) is 11.3. The molecule has 1 N–H and O–H groups in total. The number of esters is 1. The number of ether oxygens (including phenoxy) is 1. The third-order valence-electron chi connectivity index (χ3n) is 4.34. The molecule has 2 rings (SSSR count). The molecule has 2 aromatic rings. The van der Waals surface area contributed by atoms with E-state index in [0.717, 1.165) is 11.3 Å². The molecule has 7 nitrogen and oxygen atoms in total. The molecule has 0 heterocycles. The van der Waals surface area contributed by atoms with Crippen LogP contribution in [-0.4, -0.2) is 56.5 Å². The lowest BCUT2D eigenvalue weighted by molar-refractivity contribution is -0.140. The molecule has 0 bridgehead atoms. The number of likely N-dealkylation sites (N-methyl/N-ethyl adjacent to an activating group) is 1. The van der Waals surface area contributed by atoms with E-state index in [2.05, 4.69) is 5.32 Å². The van der Waals surface area contributed by atoms with Crippen molar-refractivity contribution in [3.05, 3.63) is 59.7 Å². The standard InChI is InChI=1S/C22H27N3O4/c1-15-6-10-18(11-7-15)23-20(26)14-25(5)21(27)16(2)29-22(28)17-8-12-19(13-9-17)24(3)4/h6-13,16H,14H2,1-5H3,(H,23,26)/t16-/m0/s1. The van der Waals surface area contributed by atoms with E-state index >= 15 is 0 Å². The number of carbonyl (C=O) groups is 3. The maximum atomic E-state index is 12.4. The third-order valence-corrected chi connectivity index (χ3v) is 4.34. The van der Waals surface area contributed by atoms with Crippen LogP contribution in [0, 0.1) is 6.92 Å². The molecule has 154 valence electrons. The average molecular weight is 397 g/mol. The summed E-state index contributed by atoms with van der Waals surface area (Å²) in [4.78, 5) is 40.0. The van der Waals surface area contributed by atoms with Crippen molar-refractivity contribution >= 4 is 29.2 Å². The fraction of sp³-hybridized carbons (Fsp3) is 0.318. The summed E-state index contributed by atoms with van der Waals surface area (Å²) in [5.74, 6) is -1.38. The van der Waals surface area contributed by atoms with Crippen LogP contribution in [0.2, 0.25) is 0 Å². The summed E-state index contributed by atoms with van der Waals surface area (Å²) in [6.07, 6.45) is -1.01. The number of benzene rings is 2. The summed E-state index contributed by atoms with van der Waals surface area (Å²) in [5, 5.41) is 2.73. The van der Waals surface area contributed by atoms with Gasteiger partial charge >= 0.3 is 5.97 Å². The molecule has 0 spiro atoms. The predicted octanol–water partition coefficient (Wildman–Crippen LogP) is 2.70. The summed E-state index contributed by atoms with van der Waals surface area (Å²) in [6, 6.07) is 14.2. The van der Waals surface area contributed by atoms with Crippen molar-refractivity contribution < 1.29 is 19.1 Å². The molecule has 2 amide bonds. The highest BCUT2D eigenvalue weighted by molar-refractivity contribution is 5.96. The van der Waals surface area contributed by atoms with Gasteiger partial charge in [0.25, 0.3) is 5.91 Å². The van der Waals surface area contributed by atoms with E-state index < -0.39 is 18.0 Å². The lowest BCUT2D eigenvalue weighted by Crippen LogP contribution is -2.41. The molecule has 1 atom stereocenters. The van der Waals surface area contributed by atoms with Crippen molar-refractivity contribution in [3.8, 4) is 0 Å². The zero-order valence-electron chi connectivity index (χ0n) is 17.4. The molecule has 0 aliphatic carbocycles. The molecule has 29 heavy (non-hydrogen) atoms. The highest BCUT2D eigenvalue weighted by Gasteiger charge is 2.23. The van der Waals surface area contributed by atoms with Gasteiger partial charge in [-0.15, -0.1) is 0 Å². The molecule has 0 unspecified atom stereocenters. The van der Waals surface area contributed by atoms with Crippen LogP contribution in [0.3, 0.4) is 0 Å². The van der Waals surface area contributed by atoms with Gasteiger partial charge in [0.15, 0.2) is 6.10 Å². The maximum Gasteiger partial charge on any atom is 0.338 e. The molecule has 0 radical (unpaired) electrons. The lowest BCUT2D eigenvalue weighted by atomic mass is 10.2. The van der Waals surface area contributed by atoms with Crippen LogP contribution in [0.25, 0.3) is 0 Å². The van der Waals surface area contributed by atoms with Crippen LogP contribution >= 0.6 is 0 Å². The quantitative estimate of drug-likeness (QED) is 0.727. The molecular formula is C22H27N3O4. The second-order valence-electron chi connectivity index (χ2n) is 7.10. The van der Waals surface area contributed by atoms with Gasteiger partial charge in [0.1, 0.15) is 0 Å². The van der Waals surface area contributed by atoms with Gasteiger partial charge in [-0.2, -0.15) is 0 Å². The molecule has 0 saturated carbocycles. The number of hydrogen-bond donors (Lipinski definition) is 1. The minimum absolute atomic E-state index is 0.147. The molecule has 7 heteroatoms. The van der Waals surface area contributed by atoms with Crippen molar-refractivity contribution in [2.75, 3.05) is 37.9 Å². The smallest absolute Gasteiger partial charge is 0.338 e. The van der Waals surface area contributed by atoms with Crippen LogP contribution in [0.15, 0.2) is 48.5 Å². The van der Waals surface area contributed by atoms with Crippen molar-refractivity contribution in [3.63, 3.8) is 0 Å². The number of rotatable bonds is 7. The van der Waals surface area contributed by atoms with Gasteiger partial charge in [0.05, 0.1) is 12.1 Å². The highest BCUT2D eigenvalue weighted by atomic mass is 16.5. The summed E-state index contributed by atoms with van der Waals surface area (Å²) < 4.78 is 5.26. The number of nitrogens with one attached hydrogen (secondary N) is 1. The topological polar surface area (TPSA) is 79.0 Å². The van der Waals surface area contributed by atoms with E-state index in [-0.39, 0.29) is 12.5 Å². The van der Waals surface area contributed by atoms with E-state index in [9.17, 15) is 14.4 Å². The van der Waals surface area contributed by atoms with E-state index in [1.165, 1.54) is 18.9 Å². The van der Waals surface area contributed by atoms with Crippen LogP contribution < -0.4 is 10.2 Å². The fourth-order valence-electron chi connectivity index (χ4n) is 2.62. The second-order valence-corrected chi connectivity index (χ2v) is 7.10. The Labute approximate surface area is 171 Å². The second kappa shape index (κ2) is 9.73. The largest absolute Gasteiger partial charge is 0.449 e. The first kappa shape index (κ1) is 21.9. The lowest BCUT2D eigenvalue weighted by Gasteiger charge is -2.21. The van der Waals surface area contributed by atoms with Gasteiger partial charge in [-0.25, -0.2) is 4.79 Å². The van der Waals surface area contributed by atoms with Crippen molar-refractivity contribution in [2.24, 2.45) is 0 Å². The van der Waals surface area contributed by atoms with Gasteiger partial charge in [-0.3, -0.25) is 9.59 Å².